The fourth-order valence-corrected chi connectivity index (χ4v) is 5.92. The molecular weight excluding hydrogens is 415 g/mol. The first kappa shape index (κ1) is 20.6. The van der Waals surface area contributed by atoms with Crippen molar-refractivity contribution in [1.82, 2.24) is 29.8 Å². The Kier molecular flexibility index (Phi) is 5.09. The van der Waals surface area contributed by atoms with Crippen LogP contribution in [-0.2, 0) is 0 Å². The Bertz CT molecular complexity index is 1240. The zero-order valence-corrected chi connectivity index (χ0v) is 18.9. The lowest BCUT2D eigenvalue weighted by Gasteiger charge is -2.29. The minimum atomic E-state index is -0.975. The van der Waals surface area contributed by atoms with Crippen LogP contribution in [0.1, 0.15) is 42.0 Å². The summed E-state index contributed by atoms with van der Waals surface area (Å²) in [5.41, 5.74) is 6.24. The predicted molar refractivity (Wildman–Crippen MR) is 121 cm³/mol. The Morgan fingerprint density at radius 3 is 2.84 bits per heavy atom. The second-order valence-electron chi connectivity index (χ2n) is 8.68. The number of pyridine rings is 1. The fraction of sp³-hybridized carbons (Fsp3) is 0.455. The number of fused-ring (bicyclic) bond motifs is 2. The molecule has 0 aromatic carbocycles. The molecule has 0 bridgehead atoms. The van der Waals surface area contributed by atoms with Gasteiger partial charge in [0.25, 0.3) is 0 Å². The van der Waals surface area contributed by atoms with E-state index in [0.717, 1.165) is 37.6 Å². The quantitative estimate of drug-likeness (QED) is 0.412. The number of aliphatic hydroxyl groups excluding tert-OH is 1. The normalized spacial score (nSPS) is 20.6. The van der Waals surface area contributed by atoms with E-state index in [9.17, 15) is 9.50 Å². The van der Waals surface area contributed by atoms with Crippen molar-refractivity contribution in [1.29, 1.82) is 0 Å². The summed E-state index contributed by atoms with van der Waals surface area (Å²) in [5.74, 6) is 0.283. The van der Waals surface area contributed by atoms with Gasteiger partial charge in [-0.15, -0.1) is 11.3 Å². The number of nitrogens with zero attached hydrogens (tertiary/aromatic N) is 4. The van der Waals surface area contributed by atoms with E-state index < -0.39 is 12.4 Å². The SMILES string of the molecule is Cc1cc(-c2[nH]c3cc(C(O)N(C)[C@@H]4CNC[C@H]4F)sc3c2C(C)C)cn2ncnc12. The van der Waals surface area contributed by atoms with Crippen molar-refractivity contribution in [3.8, 4) is 11.3 Å². The first-order valence-electron chi connectivity index (χ1n) is 10.6. The van der Waals surface area contributed by atoms with Crippen LogP contribution in [0.4, 0.5) is 4.39 Å². The lowest BCUT2D eigenvalue weighted by molar-refractivity contribution is -0.0161. The van der Waals surface area contributed by atoms with E-state index in [0.29, 0.717) is 13.1 Å². The van der Waals surface area contributed by atoms with Crippen molar-refractivity contribution in [2.24, 2.45) is 0 Å². The summed E-state index contributed by atoms with van der Waals surface area (Å²) < 4.78 is 17.1. The van der Waals surface area contributed by atoms with Gasteiger partial charge in [-0.3, -0.25) is 4.90 Å². The zero-order valence-electron chi connectivity index (χ0n) is 18.1. The maximum absolute atomic E-state index is 14.2. The van der Waals surface area contributed by atoms with Crippen molar-refractivity contribution in [3.63, 3.8) is 0 Å². The number of aryl methyl sites for hydroxylation is 1. The summed E-state index contributed by atoms with van der Waals surface area (Å²) >= 11 is 1.57. The van der Waals surface area contributed by atoms with Crippen molar-refractivity contribution in [2.75, 3.05) is 20.1 Å². The highest BCUT2D eigenvalue weighted by atomic mass is 32.1. The van der Waals surface area contributed by atoms with Crippen LogP contribution in [0.2, 0.25) is 0 Å². The van der Waals surface area contributed by atoms with Crippen LogP contribution >= 0.6 is 11.3 Å². The van der Waals surface area contributed by atoms with Gasteiger partial charge in [-0.05, 0) is 43.1 Å². The van der Waals surface area contributed by atoms with Gasteiger partial charge in [0.05, 0.1) is 26.8 Å². The van der Waals surface area contributed by atoms with Gasteiger partial charge in [0.1, 0.15) is 18.7 Å². The fourth-order valence-electron chi connectivity index (χ4n) is 4.57. The largest absolute Gasteiger partial charge is 0.373 e. The molecule has 164 valence electrons. The summed E-state index contributed by atoms with van der Waals surface area (Å²) in [6, 6.07) is 3.80. The Balaban J connectivity index is 1.56. The minimum Gasteiger partial charge on any atom is -0.373 e. The standard InChI is InChI=1S/C22H27FN6OS/c1-11(2)18-19(13-5-12(3)21-25-10-26-29(21)9-13)27-15-6-17(31-20(15)18)22(30)28(4)16-8-24-7-14(16)23/h5-6,9-11,14,16,22,24,27,30H,7-8H2,1-4H3/t14-,16-,22?/m1/s1. The number of hydrogen-bond donors (Lipinski definition) is 3. The Morgan fingerprint density at radius 2 is 2.13 bits per heavy atom. The van der Waals surface area contributed by atoms with Gasteiger partial charge in [0.2, 0.25) is 0 Å². The molecule has 3 N–H and O–H groups in total. The van der Waals surface area contributed by atoms with Gasteiger partial charge >= 0.3 is 0 Å². The molecule has 5 heterocycles. The third-order valence-corrected chi connectivity index (χ3v) is 7.43. The molecule has 0 saturated carbocycles. The van der Waals surface area contributed by atoms with Crippen LogP contribution in [0.3, 0.4) is 0 Å². The molecular formula is C22H27FN6OS. The van der Waals surface area contributed by atoms with Crippen molar-refractivity contribution in [3.05, 3.63) is 40.7 Å². The molecule has 5 rings (SSSR count). The monoisotopic (exact) mass is 442 g/mol. The van der Waals surface area contributed by atoms with Crippen LogP contribution < -0.4 is 5.32 Å². The average molecular weight is 443 g/mol. The molecule has 0 spiro atoms. The van der Waals surface area contributed by atoms with Crippen molar-refractivity contribution < 1.29 is 9.50 Å². The molecule has 4 aromatic rings. The Morgan fingerprint density at radius 1 is 1.32 bits per heavy atom. The first-order valence-corrected chi connectivity index (χ1v) is 11.4. The highest BCUT2D eigenvalue weighted by molar-refractivity contribution is 7.19. The predicted octanol–water partition coefficient (Wildman–Crippen LogP) is 3.60. The van der Waals surface area contributed by atoms with E-state index >= 15 is 0 Å². The molecule has 1 unspecified atom stereocenters. The topological polar surface area (TPSA) is 81.5 Å². The van der Waals surface area contributed by atoms with Gasteiger partial charge in [-0.1, -0.05) is 13.8 Å². The lowest BCUT2D eigenvalue weighted by Crippen LogP contribution is -2.41. The van der Waals surface area contributed by atoms with E-state index in [1.165, 1.54) is 5.56 Å². The molecule has 3 atom stereocenters. The van der Waals surface area contributed by atoms with E-state index in [4.69, 9.17) is 0 Å². The second-order valence-corrected chi connectivity index (χ2v) is 9.76. The van der Waals surface area contributed by atoms with Crippen LogP contribution in [0, 0.1) is 6.92 Å². The molecule has 1 saturated heterocycles. The summed E-state index contributed by atoms with van der Waals surface area (Å²) in [6.07, 6.45) is 1.74. The third kappa shape index (κ3) is 3.36. The number of alkyl halides is 1. The smallest absolute Gasteiger partial charge is 0.158 e. The number of thiophene rings is 1. The molecule has 9 heteroatoms. The van der Waals surface area contributed by atoms with Crippen molar-refractivity contribution in [2.45, 2.75) is 45.1 Å². The molecule has 7 nitrogen and oxygen atoms in total. The van der Waals surface area contributed by atoms with Gasteiger partial charge in [-0.2, -0.15) is 5.10 Å². The van der Waals surface area contributed by atoms with E-state index in [-0.39, 0.29) is 12.0 Å². The van der Waals surface area contributed by atoms with E-state index in [1.54, 1.807) is 34.1 Å². The molecule has 0 aliphatic carbocycles. The molecule has 0 amide bonds. The van der Waals surface area contributed by atoms with Gasteiger partial charge in [0, 0.05) is 24.8 Å². The van der Waals surface area contributed by atoms with E-state index in [2.05, 4.69) is 40.3 Å². The third-order valence-electron chi connectivity index (χ3n) is 6.22. The number of H-pyrrole nitrogens is 1. The Labute approximate surface area is 183 Å². The molecule has 4 aromatic heterocycles. The maximum Gasteiger partial charge on any atom is 0.158 e. The van der Waals surface area contributed by atoms with Crippen LogP contribution in [-0.4, -0.2) is 61.9 Å². The van der Waals surface area contributed by atoms with Crippen molar-refractivity contribution >= 4 is 27.2 Å². The van der Waals surface area contributed by atoms with Crippen LogP contribution in [0.25, 0.3) is 27.1 Å². The van der Waals surface area contributed by atoms with Gasteiger partial charge in [-0.25, -0.2) is 13.9 Å². The molecule has 0 radical (unpaired) electrons. The number of aromatic amines is 1. The Hall–Kier alpha value is -2.33. The number of nitrogens with one attached hydrogen (secondary N) is 2. The maximum atomic E-state index is 14.2. The number of hydrogen-bond acceptors (Lipinski definition) is 6. The molecule has 1 aliphatic heterocycles. The number of aliphatic hydroxyl groups is 1. The number of aromatic nitrogens is 4. The summed E-state index contributed by atoms with van der Waals surface area (Å²) in [5, 5.41) is 18.3. The lowest BCUT2D eigenvalue weighted by atomic mass is 9.99. The molecule has 31 heavy (non-hydrogen) atoms. The number of likely N-dealkylation sites (N-methyl/N-ethyl adjacent to an activating group) is 1. The highest BCUT2D eigenvalue weighted by Crippen LogP contribution is 2.42. The van der Waals surface area contributed by atoms with Gasteiger partial charge < -0.3 is 15.4 Å². The molecule has 1 fully saturated rings. The summed E-state index contributed by atoms with van der Waals surface area (Å²) in [6.45, 7) is 7.26. The summed E-state index contributed by atoms with van der Waals surface area (Å²) in [4.78, 5) is 10.4. The van der Waals surface area contributed by atoms with Crippen LogP contribution in [0.5, 0.6) is 0 Å². The zero-order chi connectivity index (χ0) is 21.9. The van der Waals surface area contributed by atoms with Crippen LogP contribution in [0.15, 0.2) is 24.7 Å². The number of halogens is 1. The first-order chi connectivity index (χ1) is 14.8. The molecule has 1 aliphatic rings. The average Bonchev–Trinajstić information content (AvgIpc) is 3.48. The second kappa shape index (κ2) is 7.67. The highest BCUT2D eigenvalue weighted by Gasteiger charge is 2.34. The number of rotatable bonds is 5. The minimum absolute atomic E-state index is 0.283. The summed E-state index contributed by atoms with van der Waals surface area (Å²) in [7, 11) is 1.79. The van der Waals surface area contributed by atoms with Gasteiger partial charge in [0.15, 0.2) is 5.65 Å². The van der Waals surface area contributed by atoms with E-state index in [1.807, 2.05) is 19.2 Å².